The summed E-state index contributed by atoms with van der Waals surface area (Å²) in [6.07, 6.45) is 8.40. The molecule has 0 aromatic heterocycles. The van der Waals surface area contributed by atoms with E-state index in [0.29, 0.717) is 18.8 Å². The first kappa shape index (κ1) is 24.6. The highest BCUT2D eigenvalue weighted by Gasteiger charge is 2.22. The molecule has 1 N–H and O–H groups in total. The molecule has 1 aliphatic heterocycles. The lowest BCUT2D eigenvalue weighted by Crippen LogP contribution is -2.47. The number of rotatable bonds is 11. The number of piperidine rings is 1. The zero-order valence-electron chi connectivity index (χ0n) is 20.1. The van der Waals surface area contributed by atoms with E-state index in [1.807, 2.05) is 12.1 Å². The maximum atomic E-state index is 6.35. The minimum atomic E-state index is 0.306. The first-order valence-corrected chi connectivity index (χ1v) is 12.2. The molecule has 32 heavy (non-hydrogen) atoms. The first-order chi connectivity index (χ1) is 15.7. The van der Waals surface area contributed by atoms with Crippen LogP contribution >= 0.6 is 0 Å². The fraction of sp³-hybridized carbons (Fsp3) is 0.720. The van der Waals surface area contributed by atoms with Crippen LogP contribution in [0.1, 0.15) is 57.4 Å². The van der Waals surface area contributed by atoms with E-state index in [-0.39, 0.29) is 0 Å². The van der Waals surface area contributed by atoms with E-state index in [9.17, 15) is 0 Å². The van der Waals surface area contributed by atoms with Crippen LogP contribution in [-0.4, -0.2) is 70.1 Å². The summed E-state index contributed by atoms with van der Waals surface area (Å²) in [7, 11) is 3.43. The van der Waals surface area contributed by atoms with Gasteiger partial charge in [-0.15, -0.1) is 0 Å². The molecule has 180 valence electrons. The van der Waals surface area contributed by atoms with Gasteiger partial charge in [0.25, 0.3) is 0 Å². The highest BCUT2D eigenvalue weighted by Crippen LogP contribution is 2.30. The van der Waals surface area contributed by atoms with Crippen molar-refractivity contribution in [1.29, 1.82) is 0 Å². The molecule has 2 aliphatic rings. The molecule has 1 saturated carbocycles. The number of ether oxygens (including phenoxy) is 4. The van der Waals surface area contributed by atoms with E-state index < -0.39 is 0 Å². The van der Waals surface area contributed by atoms with Crippen LogP contribution in [0.15, 0.2) is 23.2 Å². The van der Waals surface area contributed by atoms with Gasteiger partial charge in [-0.1, -0.05) is 0 Å². The van der Waals surface area contributed by atoms with Crippen LogP contribution in [0.2, 0.25) is 0 Å². The second-order valence-corrected chi connectivity index (χ2v) is 8.57. The average molecular weight is 448 g/mol. The lowest BCUT2D eigenvalue weighted by molar-refractivity contribution is 0.00990. The van der Waals surface area contributed by atoms with Crippen molar-refractivity contribution in [2.75, 3.05) is 47.1 Å². The van der Waals surface area contributed by atoms with E-state index in [0.717, 1.165) is 88.0 Å². The zero-order valence-corrected chi connectivity index (χ0v) is 20.1. The third-order valence-corrected chi connectivity index (χ3v) is 6.19. The van der Waals surface area contributed by atoms with Crippen LogP contribution in [0.25, 0.3) is 0 Å². The molecule has 0 spiro atoms. The number of methoxy groups -OCH3 is 2. The second kappa shape index (κ2) is 13.5. The predicted molar refractivity (Wildman–Crippen MR) is 128 cm³/mol. The topological polar surface area (TPSA) is 64.6 Å². The molecule has 1 saturated heterocycles. The minimum absolute atomic E-state index is 0.306. The first-order valence-electron chi connectivity index (χ1n) is 12.2. The fourth-order valence-corrected chi connectivity index (χ4v) is 4.36. The standard InChI is InChI=1S/C25H41N3O4/c1-4-26-25(28-14-12-21(13-15-28)31-17-7-16-29-2)27-19-20-10-11-23(30-3)18-24(20)32-22-8-5-6-9-22/h10-11,18,21-22H,4-9,12-17,19H2,1-3H3,(H,26,27). The Morgan fingerprint density at radius 3 is 2.53 bits per heavy atom. The largest absolute Gasteiger partial charge is 0.497 e. The molecule has 2 fully saturated rings. The number of aliphatic imine (C=N–C) groups is 1. The Hall–Kier alpha value is -1.99. The Labute approximate surface area is 193 Å². The Kier molecular flexibility index (Phi) is 10.4. The van der Waals surface area contributed by atoms with Crippen LogP contribution in [-0.2, 0) is 16.0 Å². The van der Waals surface area contributed by atoms with Gasteiger partial charge in [0, 0.05) is 51.6 Å². The summed E-state index contributed by atoms with van der Waals surface area (Å²) in [5, 5.41) is 3.47. The molecule has 7 heteroatoms. The molecule has 3 rings (SSSR count). The molecule has 1 aromatic rings. The Morgan fingerprint density at radius 2 is 1.84 bits per heavy atom. The quantitative estimate of drug-likeness (QED) is 0.314. The van der Waals surface area contributed by atoms with Gasteiger partial charge in [-0.2, -0.15) is 0 Å². The molecule has 0 radical (unpaired) electrons. The number of nitrogens with zero attached hydrogens (tertiary/aromatic N) is 2. The summed E-state index contributed by atoms with van der Waals surface area (Å²) in [6.45, 7) is 6.98. The predicted octanol–water partition coefficient (Wildman–Crippen LogP) is 4.00. The van der Waals surface area contributed by atoms with Crippen molar-refractivity contribution in [1.82, 2.24) is 10.2 Å². The lowest BCUT2D eigenvalue weighted by atomic mass is 10.1. The Morgan fingerprint density at radius 1 is 1.06 bits per heavy atom. The van der Waals surface area contributed by atoms with Crippen molar-refractivity contribution in [3.63, 3.8) is 0 Å². The Balaban J connectivity index is 1.60. The van der Waals surface area contributed by atoms with Crippen LogP contribution in [0.3, 0.4) is 0 Å². The van der Waals surface area contributed by atoms with Crippen molar-refractivity contribution in [3.8, 4) is 11.5 Å². The summed E-state index contributed by atoms with van der Waals surface area (Å²) in [5.41, 5.74) is 1.10. The van der Waals surface area contributed by atoms with Gasteiger partial charge >= 0.3 is 0 Å². The summed E-state index contributed by atoms with van der Waals surface area (Å²) >= 11 is 0. The van der Waals surface area contributed by atoms with Gasteiger partial charge in [0.1, 0.15) is 11.5 Å². The zero-order chi connectivity index (χ0) is 22.6. The van der Waals surface area contributed by atoms with Crippen molar-refractivity contribution in [2.24, 2.45) is 4.99 Å². The minimum Gasteiger partial charge on any atom is -0.497 e. The van der Waals surface area contributed by atoms with E-state index >= 15 is 0 Å². The molecule has 0 amide bonds. The monoisotopic (exact) mass is 447 g/mol. The summed E-state index contributed by atoms with van der Waals surface area (Å²) in [4.78, 5) is 7.31. The maximum absolute atomic E-state index is 6.35. The van der Waals surface area contributed by atoms with Crippen LogP contribution in [0, 0.1) is 0 Å². The van der Waals surface area contributed by atoms with Crippen LogP contribution in [0.4, 0.5) is 0 Å². The molecule has 1 aliphatic carbocycles. The van der Waals surface area contributed by atoms with Crippen LogP contribution in [0.5, 0.6) is 11.5 Å². The third kappa shape index (κ3) is 7.55. The van der Waals surface area contributed by atoms with Gasteiger partial charge < -0.3 is 29.2 Å². The smallest absolute Gasteiger partial charge is 0.194 e. The maximum Gasteiger partial charge on any atom is 0.194 e. The molecule has 0 bridgehead atoms. The molecule has 7 nitrogen and oxygen atoms in total. The highest BCUT2D eigenvalue weighted by atomic mass is 16.5. The molecule has 0 atom stereocenters. The molecular weight excluding hydrogens is 406 g/mol. The van der Waals surface area contributed by atoms with Gasteiger partial charge in [0.2, 0.25) is 0 Å². The van der Waals surface area contributed by atoms with E-state index in [1.54, 1.807) is 14.2 Å². The third-order valence-electron chi connectivity index (χ3n) is 6.19. The van der Waals surface area contributed by atoms with Gasteiger partial charge in [0.15, 0.2) is 5.96 Å². The molecule has 1 heterocycles. The van der Waals surface area contributed by atoms with E-state index in [2.05, 4.69) is 23.2 Å². The summed E-state index contributed by atoms with van der Waals surface area (Å²) in [6, 6.07) is 6.07. The van der Waals surface area contributed by atoms with E-state index in [1.165, 1.54) is 12.8 Å². The fourth-order valence-electron chi connectivity index (χ4n) is 4.36. The SMILES string of the molecule is CCNC(=NCc1ccc(OC)cc1OC1CCCC1)N1CCC(OCCCOC)CC1. The lowest BCUT2D eigenvalue weighted by Gasteiger charge is -2.34. The number of nitrogens with one attached hydrogen (secondary N) is 1. The molecule has 0 unspecified atom stereocenters. The van der Waals surface area contributed by atoms with Crippen molar-refractivity contribution in [2.45, 2.75) is 70.6 Å². The summed E-state index contributed by atoms with van der Waals surface area (Å²) in [5.74, 6) is 2.69. The van der Waals surface area contributed by atoms with Gasteiger partial charge in [-0.05, 0) is 64.0 Å². The van der Waals surface area contributed by atoms with Gasteiger partial charge in [0.05, 0.1) is 25.9 Å². The van der Waals surface area contributed by atoms with Crippen molar-refractivity contribution in [3.05, 3.63) is 23.8 Å². The summed E-state index contributed by atoms with van der Waals surface area (Å²) < 4.78 is 22.9. The van der Waals surface area contributed by atoms with Crippen LogP contribution < -0.4 is 14.8 Å². The van der Waals surface area contributed by atoms with Crippen molar-refractivity contribution < 1.29 is 18.9 Å². The van der Waals surface area contributed by atoms with Gasteiger partial charge in [-0.25, -0.2) is 4.99 Å². The van der Waals surface area contributed by atoms with Gasteiger partial charge in [-0.3, -0.25) is 0 Å². The number of guanidine groups is 1. The number of likely N-dealkylation sites (tertiary alicyclic amines) is 1. The molecule has 1 aromatic carbocycles. The average Bonchev–Trinajstić information content (AvgIpc) is 3.33. The highest BCUT2D eigenvalue weighted by molar-refractivity contribution is 5.80. The second-order valence-electron chi connectivity index (χ2n) is 8.57. The van der Waals surface area contributed by atoms with Crippen molar-refractivity contribution >= 4 is 5.96 Å². The number of hydrogen-bond acceptors (Lipinski definition) is 5. The normalized spacial score (nSPS) is 18.2. The van der Waals surface area contributed by atoms with E-state index in [4.69, 9.17) is 23.9 Å². The number of benzene rings is 1. The number of hydrogen-bond donors (Lipinski definition) is 1. The Bertz CT molecular complexity index is 698. The molecular formula is C25H41N3O4.